The van der Waals surface area contributed by atoms with Gasteiger partial charge in [-0.25, -0.2) is 0 Å². The molecule has 126 valence electrons. The van der Waals surface area contributed by atoms with E-state index in [2.05, 4.69) is 0 Å². The van der Waals surface area contributed by atoms with Gasteiger partial charge in [-0.1, -0.05) is 13.8 Å². The molecule has 0 unspecified atom stereocenters. The van der Waals surface area contributed by atoms with Crippen LogP contribution in [0, 0.1) is 0 Å². The second-order valence-electron chi connectivity index (χ2n) is 5.39. The highest BCUT2D eigenvalue weighted by molar-refractivity contribution is 6.06. The van der Waals surface area contributed by atoms with E-state index < -0.39 is 24.0 Å². The van der Waals surface area contributed by atoms with Crippen molar-refractivity contribution in [3.8, 4) is 11.5 Å². The van der Waals surface area contributed by atoms with Crippen LogP contribution in [0.5, 0.6) is 11.5 Å². The Morgan fingerprint density at radius 1 is 1.35 bits per heavy atom. The summed E-state index contributed by atoms with van der Waals surface area (Å²) in [5.74, 6) is -0.829. The zero-order chi connectivity index (χ0) is 17.2. The lowest BCUT2D eigenvalue weighted by molar-refractivity contribution is -0.141. The Kier molecular flexibility index (Phi) is 4.79. The van der Waals surface area contributed by atoms with Crippen molar-refractivity contribution < 1.29 is 29.3 Å². The van der Waals surface area contributed by atoms with Gasteiger partial charge in [0.2, 0.25) is 0 Å². The van der Waals surface area contributed by atoms with Crippen LogP contribution < -0.4 is 14.4 Å². The predicted octanol–water partition coefficient (Wildman–Crippen LogP) is 1.56. The fourth-order valence-electron chi connectivity index (χ4n) is 2.77. The molecule has 1 aliphatic heterocycles. The lowest BCUT2D eigenvalue weighted by Crippen LogP contribution is -2.56. The first-order chi connectivity index (χ1) is 10.9. The number of amides is 1. The number of aliphatic hydroxyl groups is 1. The Morgan fingerprint density at radius 2 is 2.00 bits per heavy atom. The average Bonchev–Trinajstić information content (AvgIpc) is 2.56. The Bertz CT molecular complexity index is 623. The number of anilines is 1. The van der Waals surface area contributed by atoms with Crippen LogP contribution in [0.1, 0.15) is 32.3 Å². The number of nitrogens with zero attached hydrogens (tertiary/aromatic N) is 1. The van der Waals surface area contributed by atoms with Crippen LogP contribution >= 0.6 is 0 Å². The number of carboxylic acids is 1. The summed E-state index contributed by atoms with van der Waals surface area (Å²) in [6.07, 6.45) is 0.811. The Hall–Kier alpha value is -2.28. The summed E-state index contributed by atoms with van der Waals surface area (Å²) < 4.78 is 11.3. The molecule has 0 aliphatic carbocycles. The van der Waals surface area contributed by atoms with Gasteiger partial charge in [-0.05, 0) is 30.5 Å². The van der Waals surface area contributed by atoms with E-state index in [1.165, 1.54) is 12.0 Å². The van der Waals surface area contributed by atoms with Crippen molar-refractivity contribution in [1.29, 1.82) is 0 Å². The molecule has 1 heterocycles. The molecule has 1 aromatic rings. The average molecular weight is 323 g/mol. The molecule has 0 aromatic heterocycles. The smallest absolute Gasteiger partial charge is 0.323 e. The van der Waals surface area contributed by atoms with Gasteiger partial charge < -0.3 is 19.7 Å². The van der Waals surface area contributed by atoms with Gasteiger partial charge in [0.15, 0.2) is 17.1 Å². The van der Waals surface area contributed by atoms with E-state index in [0.717, 1.165) is 0 Å². The lowest BCUT2D eigenvalue weighted by Gasteiger charge is -2.42. The second-order valence-corrected chi connectivity index (χ2v) is 5.39. The van der Waals surface area contributed by atoms with Gasteiger partial charge in [0.1, 0.15) is 6.54 Å². The van der Waals surface area contributed by atoms with Gasteiger partial charge in [-0.2, -0.15) is 0 Å². The fourth-order valence-corrected chi connectivity index (χ4v) is 2.77. The Labute approximate surface area is 134 Å². The van der Waals surface area contributed by atoms with Crippen LogP contribution in [-0.2, 0) is 16.2 Å². The third-order valence-corrected chi connectivity index (χ3v) is 4.16. The number of hydrogen-bond donors (Lipinski definition) is 2. The number of fused-ring (bicyclic) bond motifs is 1. The summed E-state index contributed by atoms with van der Waals surface area (Å²) in [5.41, 5.74) is -0.303. The van der Waals surface area contributed by atoms with Crippen LogP contribution in [0.25, 0.3) is 0 Å². The van der Waals surface area contributed by atoms with Gasteiger partial charge in [0.25, 0.3) is 5.91 Å². The number of hydrogen-bond acceptors (Lipinski definition) is 5. The van der Waals surface area contributed by atoms with Crippen molar-refractivity contribution in [3.63, 3.8) is 0 Å². The van der Waals surface area contributed by atoms with Gasteiger partial charge in [0.05, 0.1) is 19.4 Å². The first-order valence-corrected chi connectivity index (χ1v) is 7.47. The first-order valence-electron chi connectivity index (χ1n) is 7.47. The van der Waals surface area contributed by atoms with Crippen LogP contribution in [0.2, 0.25) is 0 Å². The Balaban J connectivity index is 2.68. The van der Waals surface area contributed by atoms with Crippen LogP contribution in [-0.4, -0.2) is 41.3 Å². The van der Waals surface area contributed by atoms with Crippen molar-refractivity contribution in [2.24, 2.45) is 0 Å². The number of carbonyl (C=O) groups is 2. The molecule has 2 N–H and O–H groups in total. The lowest BCUT2D eigenvalue weighted by atomic mass is 9.92. The molecule has 0 saturated carbocycles. The van der Waals surface area contributed by atoms with Crippen molar-refractivity contribution >= 4 is 17.6 Å². The molecule has 0 fully saturated rings. The molecule has 0 atom stereocenters. The number of methoxy groups -OCH3 is 1. The molecule has 0 saturated heterocycles. The molecule has 1 aromatic carbocycles. The number of aliphatic hydroxyl groups excluding tert-OH is 1. The number of ether oxygens (including phenoxy) is 2. The number of carboxylic acid groups (broad SMARTS) is 1. The minimum absolute atomic E-state index is 0.258. The molecule has 23 heavy (non-hydrogen) atoms. The van der Waals surface area contributed by atoms with E-state index in [9.17, 15) is 14.7 Å². The van der Waals surface area contributed by atoms with Crippen molar-refractivity contribution in [3.05, 3.63) is 17.7 Å². The van der Waals surface area contributed by atoms with Crippen LogP contribution in [0.3, 0.4) is 0 Å². The SMILES string of the molecule is CCC1(CC)Oc2c(OC)cc(CO)cc2N(CC(=O)O)C1=O. The van der Waals surface area contributed by atoms with Crippen molar-refractivity contribution in [2.75, 3.05) is 18.6 Å². The predicted molar refractivity (Wildman–Crippen MR) is 82.8 cm³/mol. The van der Waals surface area contributed by atoms with E-state index in [1.54, 1.807) is 12.1 Å². The third kappa shape index (κ3) is 2.84. The highest BCUT2D eigenvalue weighted by atomic mass is 16.5. The standard InChI is InChI=1S/C16H21NO6/c1-4-16(5-2)15(21)17(8-13(19)20)11-6-10(9-18)7-12(22-3)14(11)23-16/h6-7,18H,4-5,8-9H2,1-3H3,(H,19,20). The van der Waals surface area contributed by atoms with Crippen molar-refractivity contribution in [2.45, 2.75) is 38.9 Å². The zero-order valence-electron chi connectivity index (χ0n) is 13.5. The monoisotopic (exact) mass is 323 g/mol. The summed E-state index contributed by atoms with van der Waals surface area (Å²) in [6, 6.07) is 3.16. The molecule has 0 radical (unpaired) electrons. The third-order valence-electron chi connectivity index (χ3n) is 4.16. The summed E-state index contributed by atoms with van der Waals surface area (Å²) in [6.45, 7) is 2.90. The van der Waals surface area contributed by atoms with E-state index in [0.29, 0.717) is 35.6 Å². The van der Waals surface area contributed by atoms with E-state index >= 15 is 0 Å². The molecule has 1 aliphatic rings. The van der Waals surface area contributed by atoms with E-state index in [1.807, 2.05) is 13.8 Å². The topological polar surface area (TPSA) is 96.3 Å². The summed E-state index contributed by atoms with van der Waals surface area (Å²) in [7, 11) is 1.46. The van der Waals surface area contributed by atoms with Gasteiger partial charge in [-0.15, -0.1) is 0 Å². The fraction of sp³-hybridized carbons (Fsp3) is 0.500. The minimum Gasteiger partial charge on any atom is -0.493 e. The van der Waals surface area contributed by atoms with E-state index in [-0.39, 0.29) is 6.61 Å². The molecule has 1 amide bonds. The Morgan fingerprint density at radius 3 is 2.48 bits per heavy atom. The van der Waals surface area contributed by atoms with Crippen LogP contribution in [0.4, 0.5) is 5.69 Å². The second kappa shape index (κ2) is 6.45. The molecule has 2 rings (SSSR count). The summed E-state index contributed by atoms with van der Waals surface area (Å²) in [4.78, 5) is 25.2. The normalized spacial score (nSPS) is 15.8. The van der Waals surface area contributed by atoms with Crippen molar-refractivity contribution in [1.82, 2.24) is 0 Å². The number of aliphatic carboxylic acids is 1. The van der Waals surface area contributed by atoms with E-state index in [4.69, 9.17) is 14.6 Å². The maximum atomic E-state index is 12.8. The largest absolute Gasteiger partial charge is 0.493 e. The minimum atomic E-state index is -1.12. The molecular formula is C16H21NO6. The van der Waals surface area contributed by atoms with Gasteiger partial charge in [-0.3, -0.25) is 14.5 Å². The highest BCUT2D eigenvalue weighted by Crippen LogP contribution is 2.46. The maximum Gasteiger partial charge on any atom is 0.323 e. The summed E-state index contributed by atoms with van der Waals surface area (Å²) >= 11 is 0. The number of carbonyl (C=O) groups excluding carboxylic acids is 1. The quantitative estimate of drug-likeness (QED) is 0.824. The van der Waals surface area contributed by atoms with Crippen LogP contribution in [0.15, 0.2) is 12.1 Å². The first kappa shape index (κ1) is 17.1. The number of benzene rings is 1. The highest BCUT2D eigenvalue weighted by Gasteiger charge is 2.47. The summed E-state index contributed by atoms with van der Waals surface area (Å²) in [5, 5.41) is 18.5. The maximum absolute atomic E-state index is 12.8. The molecule has 0 spiro atoms. The number of rotatable bonds is 6. The molecule has 0 bridgehead atoms. The molecule has 7 nitrogen and oxygen atoms in total. The van der Waals surface area contributed by atoms with Gasteiger partial charge >= 0.3 is 5.97 Å². The molecule has 7 heteroatoms. The van der Waals surface area contributed by atoms with Gasteiger partial charge in [0, 0.05) is 0 Å². The zero-order valence-corrected chi connectivity index (χ0v) is 13.5. The molecular weight excluding hydrogens is 302 g/mol.